The molecule has 2 aromatic carbocycles. The average molecular weight is 377 g/mol. The molecule has 1 aliphatic heterocycles. The molecule has 1 amide bonds. The number of ether oxygens (including phenoxy) is 1. The third-order valence-corrected chi connectivity index (χ3v) is 5.16. The Morgan fingerprint density at radius 2 is 2.00 bits per heavy atom. The first-order valence-electron chi connectivity index (χ1n) is 8.76. The second kappa shape index (κ2) is 7.72. The van der Waals surface area contributed by atoms with E-state index in [-0.39, 0.29) is 18.4 Å². The van der Waals surface area contributed by atoms with E-state index in [9.17, 15) is 4.79 Å². The minimum atomic E-state index is -0.173. The lowest BCUT2D eigenvalue weighted by Crippen LogP contribution is -2.26. The van der Waals surface area contributed by atoms with Gasteiger partial charge in [-0.3, -0.25) is 4.79 Å². The van der Waals surface area contributed by atoms with Gasteiger partial charge < -0.3 is 4.74 Å². The number of aryl methyl sites for hydroxylation is 1. The van der Waals surface area contributed by atoms with Gasteiger partial charge in [0.1, 0.15) is 11.9 Å². The summed E-state index contributed by atoms with van der Waals surface area (Å²) in [7, 11) is 0. The fourth-order valence-corrected chi connectivity index (χ4v) is 3.68. The Kier molecular flexibility index (Phi) is 4.98. The van der Waals surface area contributed by atoms with Crippen molar-refractivity contribution in [2.24, 2.45) is 5.10 Å². The van der Waals surface area contributed by atoms with Crippen LogP contribution < -0.4 is 10.2 Å². The van der Waals surface area contributed by atoms with E-state index in [0.29, 0.717) is 6.42 Å². The predicted molar refractivity (Wildman–Crippen MR) is 106 cm³/mol. The highest BCUT2D eigenvalue weighted by molar-refractivity contribution is 7.09. The van der Waals surface area contributed by atoms with Crippen LogP contribution in [0.2, 0.25) is 0 Å². The normalized spacial score (nSPS) is 17.2. The van der Waals surface area contributed by atoms with Gasteiger partial charge in [-0.05, 0) is 24.6 Å². The molecule has 0 saturated carbocycles. The Balaban J connectivity index is 1.54. The van der Waals surface area contributed by atoms with E-state index in [2.05, 4.69) is 15.5 Å². The number of amides is 1. The standard InChI is InChI=1S/C21H19N3O2S/c1-14-22-16(13-27-14)11-21(25)24-23-18-12-20(15-7-3-2-4-8-15)26-19-10-6-5-9-17(18)19/h2-10,13,20H,11-12H2,1H3,(H,24,25)/b23-18-. The van der Waals surface area contributed by atoms with E-state index in [1.807, 2.05) is 66.9 Å². The maximum atomic E-state index is 12.2. The average Bonchev–Trinajstić information content (AvgIpc) is 3.11. The number of rotatable bonds is 4. The minimum absolute atomic E-state index is 0.127. The molecule has 0 fully saturated rings. The Hall–Kier alpha value is -2.99. The van der Waals surface area contributed by atoms with E-state index < -0.39 is 0 Å². The Bertz CT molecular complexity index is 982. The zero-order chi connectivity index (χ0) is 18.6. The number of hydrogen-bond donors (Lipinski definition) is 1. The lowest BCUT2D eigenvalue weighted by molar-refractivity contribution is -0.120. The second-order valence-electron chi connectivity index (χ2n) is 6.35. The predicted octanol–water partition coefficient (Wildman–Crippen LogP) is 4.04. The summed E-state index contributed by atoms with van der Waals surface area (Å²) in [4.78, 5) is 16.6. The molecule has 0 bridgehead atoms. The summed E-state index contributed by atoms with van der Waals surface area (Å²) in [6, 6.07) is 17.8. The molecule has 1 atom stereocenters. The number of carbonyl (C=O) groups is 1. The molecular formula is C21H19N3O2S. The van der Waals surface area contributed by atoms with Crippen LogP contribution in [0.4, 0.5) is 0 Å². The summed E-state index contributed by atoms with van der Waals surface area (Å²) in [5.41, 5.74) is 6.26. The monoisotopic (exact) mass is 377 g/mol. The first kappa shape index (κ1) is 17.4. The molecule has 3 aromatic rings. The smallest absolute Gasteiger partial charge is 0.246 e. The zero-order valence-corrected chi connectivity index (χ0v) is 15.7. The zero-order valence-electron chi connectivity index (χ0n) is 14.9. The van der Waals surface area contributed by atoms with Gasteiger partial charge in [0.2, 0.25) is 5.91 Å². The van der Waals surface area contributed by atoms with Gasteiger partial charge in [0, 0.05) is 17.4 Å². The van der Waals surface area contributed by atoms with Crippen LogP contribution in [0.5, 0.6) is 5.75 Å². The number of hydrogen-bond acceptors (Lipinski definition) is 5. The fraction of sp³-hybridized carbons (Fsp3) is 0.190. The summed E-state index contributed by atoms with van der Waals surface area (Å²) >= 11 is 1.54. The van der Waals surface area contributed by atoms with Crippen molar-refractivity contribution in [3.63, 3.8) is 0 Å². The summed E-state index contributed by atoms with van der Waals surface area (Å²) in [5.74, 6) is 0.605. The van der Waals surface area contributed by atoms with Gasteiger partial charge in [0.05, 0.1) is 22.8 Å². The second-order valence-corrected chi connectivity index (χ2v) is 7.41. The van der Waals surface area contributed by atoms with Crippen molar-refractivity contribution in [3.8, 4) is 5.75 Å². The molecular weight excluding hydrogens is 358 g/mol. The summed E-state index contributed by atoms with van der Waals surface area (Å²) in [6.07, 6.45) is 0.691. The lowest BCUT2D eigenvalue weighted by atomic mass is 9.96. The molecule has 27 heavy (non-hydrogen) atoms. The van der Waals surface area contributed by atoms with E-state index in [1.165, 1.54) is 11.3 Å². The number of hydrazone groups is 1. The number of fused-ring (bicyclic) bond motifs is 1. The van der Waals surface area contributed by atoms with E-state index in [4.69, 9.17) is 4.74 Å². The van der Waals surface area contributed by atoms with Gasteiger partial charge in [0.15, 0.2) is 0 Å². The van der Waals surface area contributed by atoms with Crippen LogP contribution in [0.15, 0.2) is 65.1 Å². The van der Waals surface area contributed by atoms with Crippen molar-refractivity contribution in [1.29, 1.82) is 0 Å². The topological polar surface area (TPSA) is 63.6 Å². The van der Waals surface area contributed by atoms with Gasteiger partial charge in [-0.25, -0.2) is 10.4 Å². The first-order chi connectivity index (χ1) is 13.2. The molecule has 0 saturated heterocycles. The largest absolute Gasteiger partial charge is 0.485 e. The van der Waals surface area contributed by atoms with Crippen LogP contribution >= 0.6 is 11.3 Å². The molecule has 2 heterocycles. The highest BCUT2D eigenvalue weighted by atomic mass is 32.1. The van der Waals surface area contributed by atoms with E-state index >= 15 is 0 Å². The van der Waals surface area contributed by atoms with Crippen LogP contribution in [0.25, 0.3) is 0 Å². The van der Waals surface area contributed by atoms with E-state index in [0.717, 1.165) is 33.3 Å². The number of aromatic nitrogens is 1. The molecule has 0 spiro atoms. The van der Waals surface area contributed by atoms with Crippen molar-refractivity contribution < 1.29 is 9.53 Å². The maximum absolute atomic E-state index is 12.2. The molecule has 1 N–H and O–H groups in total. The number of thiazole rings is 1. The molecule has 0 radical (unpaired) electrons. The summed E-state index contributed by atoms with van der Waals surface area (Å²) in [6.45, 7) is 1.93. The van der Waals surface area contributed by atoms with Crippen LogP contribution in [0.1, 0.15) is 34.4 Å². The number of benzene rings is 2. The molecule has 6 heteroatoms. The molecule has 4 rings (SSSR count). The van der Waals surface area contributed by atoms with Crippen molar-refractivity contribution in [2.75, 3.05) is 0 Å². The van der Waals surface area contributed by atoms with Crippen LogP contribution in [-0.4, -0.2) is 16.6 Å². The van der Waals surface area contributed by atoms with Crippen molar-refractivity contribution >= 4 is 23.0 Å². The van der Waals surface area contributed by atoms with Gasteiger partial charge in [-0.2, -0.15) is 5.10 Å². The van der Waals surface area contributed by atoms with Crippen molar-refractivity contribution in [2.45, 2.75) is 25.9 Å². The van der Waals surface area contributed by atoms with E-state index in [1.54, 1.807) is 0 Å². The van der Waals surface area contributed by atoms with Crippen LogP contribution in [-0.2, 0) is 11.2 Å². The van der Waals surface area contributed by atoms with Crippen molar-refractivity contribution in [3.05, 3.63) is 81.8 Å². The number of carbonyl (C=O) groups excluding carboxylic acids is 1. The molecule has 1 unspecified atom stereocenters. The first-order valence-corrected chi connectivity index (χ1v) is 9.64. The highest BCUT2D eigenvalue weighted by Gasteiger charge is 2.26. The Morgan fingerprint density at radius 3 is 2.78 bits per heavy atom. The number of nitrogens with one attached hydrogen (secondary N) is 1. The molecule has 1 aliphatic rings. The van der Waals surface area contributed by atoms with Crippen molar-refractivity contribution in [1.82, 2.24) is 10.4 Å². The maximum Gasteiger partial charge on any atom is 0.246 e. The third kappa shape index (κ3) is 4.06. The molecule has 1 aromatic heterocycles. The molecule has 136 valence electrons. The fourth-order valence-electron chi connectivity index (χ4n) is 3.07. The van der Waals surface area contributed by atoms with Gasteiger partial charge in [-0.15, -0.1) is 11.3 Å². The van der Waals surface area contributed by atoms with Crippen LogP contribution in [0, 0.1) is 6.92 Å². The van der Waals surface area contributed by atoms with Gasteiger partial charge in [-0.1, -0.05) is 42.5 Å². The Morgan fingerprint density at radius 1 is 1.22 bits per heavy atom. The van der Waals surface area contributed by atoms with Gasteiger partial charge in [0.25, 0.3) is 0 Å². The summed E-state index contributed by atoms with van der Waals surface area (Å²) < 4.78 is 6.15. The molecule has 5 nitrogen and oxygen atoms in total. The summed E-state index contributed by atoms with van der Waals surface area (Å²) in [5, 5.41) is 7.27. The lowest BCUT2D eigenvalue weighted by Gasteiger charge is -2.27. The molecule has 0 aliphatic carbocycles. The Labute approximate surface area is 161 Å². The van der Waals surface area contributed by atoms with Gasteiger partial charge >= 0.3 is 0 Å². The number of nitrogens with zero attached hydrogens (tertiary/aromatic N) is 2. The SMILES string of the molecule is Cc1nc(CC(=O)N/N=C2/CC(c3ccccc3)Oc3ccccc32)cs1. The van der Waals surface area contributed by atoms with Crippen LogP contribution in [0.3, 0.4) is 0 Å². The quantitative estimate of drug-likeness (QED) is 0.698. The highest BCUT2D eigenvalue weighted by Crippen LogP contribution is 2.34. The minimum Gasteiger partial charge on any atom is -0.485 e. The number of para-hydroxylation sites is 1. The third-order valence-electron chi connectivity index (χ3n) is 4.34.